The molecule has 1 fully saturated rings. The van der Waals surface area contributed by atoms with Crippen molar-refractivity contribution in [3.63, 3.8) is 0 Å². The topological polar surface area (TPSA) is 53.3 Å². The van der Waals surface area contributed by atoms with Crippen LogP contribution in [0.15, 0.2) is 91.3 Å². The molecule has 0 amide bonds. The summed E-state index contributed by atoms with van der Waals surface area (Å²) < 4.78 is 2.17. The molecule has 154 valence electrons. The van der Waals surface area contributed by atoms with E-state index < -0.39 is 0 Å². The van der Waals surface area contributed by atoms with Crippen molar-refractivity contribution in [1.29, 1.82) is 0 Å². The van der Waals surface area contributed by atoms with E-state index in [1.54, 1.807) is 12.3 Å². The van der Waals surface area contributed by atoms with Crippen LogP contribution in [0, 0.1) is 6.92 Å². The molecule has 3 heterocycles. The fourth-order valence-corrected chi connectivity index (χ4v) is 4.50. The van der Waals surface area contributed by atoms with Crippen LogP contribution in [0.2, 0.25) is 0 Å². The van der Waals surface area contributed by atoms with E-state index in [2.05, 4.69) is 58.3 Å². The average molecular weight is 427 g/mol. The molecule has 0 aliphatic carbocycles. The van der Waals surface area contributed by atoms with E-state index in [0.717, 1.165) is 17.1 Å². The number of anilines is 1. The maximum Gasteiger partial charge on any atom is 0.174 e. The fraction of sp³-hybridized carbons (Fsp3) is 0.120. The molecule has 1 aliphatic heterocycles. The van der Waals surface area contributed by atoms with Crippen molar-refractivity contribution in [2.75, 3.05) is 4.90 Å². The number of aromatic hydroxyl groups is 1. The number of nitrogens with one attached hydrogen (secondary N) is 1. The summed E-state index contributed by atoms with van der Waals surface area (Å²) in [6.45, 7) is 2.08. The molecule has 2 atom stereocenters. The number of rotatable bonds is 4. The van der Waals surface area contributed by atoms with Gasteiger partial charge in [0.2, 0.25) is 0 Å². The molecule has 6 heteroatoms. The minimum Gasteiger partial charge on any atom is -0.506 e. The molecule has 5 rings (SSSR count). The van der Waals surface area contributed by atoms with Crippen LogP contribution in [0.1, 0.15) is 29.0 Å². The van der Waals surface area contributed by atoms with Crippen molar-refractivity contribution < 1.29 is 5.11 Å². The minimum absolute atomic E-state index is 0.174. The van der Waals surface area contributed by atoms with E-state index in [-0.39, 0.29) is 17.8 Å². The maximum atomic E-state index is 10.6. The second kappa shape index (κ2) is 7.89. The number of nitrogens with zero attached hydrogens (tertiary/aromatic N) is 3. The zero-order valence-electron chi connectivity index (χ0n) is 17.0. The van der Waals surface area contributed by atoms with Gasteiger partial charge in [-0.2, -0.15) is 0 Å². The zero-order chi connectivity index (χ0) is 21.4. The standard InChI is InChI=1S/C25H22N4OS/c1-17-11-13-18(14-12-17)28-16-6-9-21(28)24-23(19-7-4-5-15-26-19)27-25(31)29(24)20-8-2-3-10-22(20)30/h2-16,23-24,30H,1H3,(H,27,31)/t23-,24-/m0/s1. The summed E-state index contributed by atoms with van der Waals surface area (Å²) in [5.74, 6) is 0.187. The smallest absolute Gasteiger partial charge is 0.174 e. The van der Waals surface area contributed by atoms with Gasteiger partial charge < -0.3 is 19.9 Å². The van der Waals surface area contributed by atoms with Crippen molar-refractivity contribution in [1.82, 2.24) is 14.9 Å². The molecular weight excluding hydrogens is 404 g/mol. The van der Waals surface area contributed by atoms with Crippen LogP contribution >= 0.6 is 12.2 Å². The molecule has 0 spiro atoms. The number of phenols is 1. The number of thiocarbonyl (C=S) groups is 1. The molecular formula is C25H22N4OS. The third-order valence-electron chi connectivity index (χ3n) is 5.63. The van der Waals surface area contributed by atoms with Crippen molar-refractivity contribution in [3.8, 4) is 11.4 Å². The summed E-state index contributed by atoms with van der Waals surface area (Å²) in [6, 6.07) is 25.4. The monoisotopic (exact) mass is 426 g/mol. The molecule has 1 saturated heterocycles. The van der Waals surface area contributed by atoms with Crippen molar-refractivity contribution in [3.05, 3.63) is 108 Å². The highest BCUT2D eigenvalue weighted by Crippen LogP contribution is 2.44. The Hall–Kier alpha value is -3.64. The molecule has 0 bridgehead atoms. The molecule has 31 heavy (non-hydrogen) atoms. The van der Waals surface area contributed by atoms with Gasteiger partial charge in [-0.15, -0.1) is 0 Å². The Morgan fingerprint density at radius 3 is 2.45 bits per heavy atom. The third-order valence-corrected chi connectivity index (χ3v) is 5.95. The number of aromatic nitrogens is 2. The van der Waals surface area contributed by atoms with Gasteiger partial charge in [-0.3, -0.25) is 4.98 Å². The molecule has 4 aromatic rings. The van der Waals surface area contributed by atoms with Gasteiger partial charge in [-0.1, -0.05) is 35.9 Å². The molecule has 0 unspecified atom stereocenters. The van der Waals surface area contributed by atoms with Gasteiger partial charge in [0.05, 0.1) is 17.4 Å². The Kier molecular flexibility index (Phi) is 4.92. The Morgan fingerprint density at radius 2 is 1.71 bits per heavy atom. The summed E-state index contributed by atoms with van der Waals surface area (Å²) in [6.07, 6.45) is 3.85. The lowest BCUT2D eigenvalue weighted by Gasteiger charge is -2.29. The van der Waals surface area contributed by atoms with Crippen LogP contribution in [0.5, 0.6) is 5.75 Å². The Labute approximate surface area is 186 Å². The van der Waals surface area contributed by atoms with Crippen LogP contribution in [-0.4, -0.2) is 19.8 Å². The van der Waals surface area contributed by atoms with Crippen LogP contribution in [0.3, 0.4) is 0 Å². The van der Waals surface area contributed by atoms with E-state index in [9.17, 15) is 5.11 Å². The predicted molar refractivity (Wildman–Crippen MR) is 127 cm³/mol. The average Bonchev–Trinajstić information content (AvgIpc) is 3.40. The third kappa shape index (κ3) is 3.45. The number of para-hydroxylation sites is 2. The van der Waals surface area contributed by atoms with Crippen molar-refractivity contribution in [2.24, 2.45) is 0 Å². The molecule has 0 saturated carbocycles. The molecule has 2 aromatic carbocycles. The maximum absolute atomic E-state index is 10.6. The van der Waals surface area contributed by atoms with E-state index in [4.69, 9.17) is 12.2 Å². The highest BCUT2D eigenvalue weighted by Gasteiger charge is 2.42. The van der Waals surface area contributed by atoms with E-state index in [1.807, 2.05) is 47.4 Å². The first-order chi connectivity index (χ1) is 15.1. The number of benzene rings is 2. The van der Waals surface area contributed by atoms with Gasteiger partial charge in [-0.05, 0) is 67.7 Å². The highest BCUT2D eigenvalue weighted by molar-refractivity contribution is 7.80. The molecule has 0 radical (unpaired) electrons. The first-order valence-electron chi connectivity index (χ1n) is 10.2. The summed E-state index contributed by atoms with van der Waals surface area (Å²) in [5, 5.41) is 14.6. The second-order valence-corrected chi connectivity index (χ2v) is 8.01. The normalized spacial score (nSPS) is 18.2. The number of aryl methyl sites for hydroxylation is 1. The predicted octanol–water partition coefficient (Wildman–Crippen LogP) is 5.06. The van der Waals surface area contributed by atoms with Crippen LogP contribution < -0.4 is 10.2 Å². The van der Waals surface area contributed by atoms with Crippen LogP contribution in [-0.2, 0) is 0 Å². The zero-order valence-corrected chi connectivity index (χ0v) is 17.8. The Morgan fingerprint density at radius 1 is 0.935 bits per heavy atom. The van der Waals surface area contributed by atoms with Gasteiger partial charge in [0.15, 0.2) is 5.11 Å². The van der Waals surface area contributed by atoms with Crippen LogP contribution in [0.4, 0.5) is 5.69 Å². The summed E-state index contributed by atoms with van der Waals surface area (Å²) in [7, 11) is 0. The quantitative estimate of drug-likeness (QED) is 0.447. The summed E-state index contributed by atoms with van der Waals surface area (Å²) >= 11 is 5.75. The number of hydrogen-bond donors (Lipinski definition) is 2. The molecule has 2 aromatic heterocycles. The van der Waals surface area contributed by atoms with Crippen molar-refractivity contribution in [2.45, 2.75) is 19.0 Å². The van der Waals surface area contributed by atoms with Gasteiger partial charge in [0.25, 0.3) is 0 Å². The largest absolute Gasteiger partial charge is 0.506 e. The van der Waals surface area contributed by atoms with Gasteiger partial charge >= 0.3 is 0 Å². The first kappa shape index (κ1) is 19.3. The van der Waals surface area contributed by atoms with Gasteiger partial charge in [0.1, 0.15) is 11.8 Å². The van der Waals surface area contributed by atoms with E-state index in [0.29, 0.717) is 10.8 Å². The van der Waals surface area contributed by atoms with E-state index in [1.165, 1.54) is 5.56 Å². The summed E-state index contributed by atoms with van der Waals surface area (Å²) in [4.78, 5) is 6.59. The van der Waals surface area contributed by atoms with E-state index >= 15 is 0 Å². The first-order valence-corrected chi connectivity index (χ1v) is 10.6. The lowest BCUT2D eigenvalue weighted by atomic mass is 10.0. The van der Waals surface area contributed by atoms with Crippen LogP contribution in [0.25, 0.3) is 5.69 Å². The number of pyridine rings is 1. The Bertz CT molecular complexity index is 1220. The second-order valence-electron chi connectivity index (χ2n) is 7.62. The molecule has 5 nitrogen and oxygen atoms in total. The summed E-state index contributed by atoms with van der Waals surface area (Å²) in [5.41, 5.74) is 4.89. The lowest BCUT2D eigenvalue weighted by Crippen LogP contribution is -2.30. The lowest BCUT2D eigenvalue weighted by molar-refractivity contribution is 0.472. The van der Waals surface area contributed by atoms with Gasteiger partial charge in [0, 0.05) is 23.8 Å². The number of hydrogen-bond acceptors (Lipinski definition) is 3. The Balaban J connectivity index is 1.68. The minimum atomic E-state index is -0.202. The SMILES string of the molecule is Cc1ccc(-n2cccc2[C@H]2[C@H](c3ccccn3)NC(=S)N2c2ccccc2O)cc1. The number of phenolic OH excluding ortho intramolecular Hbond substituents is 1. The fourth-order valence-electron chi connectivity index (χ4n) is 4.16. The molecule has 1 aliphatic rings. The highest BCUT2D eigenvalue weighted by atomic mass is 32.1. The van der Waals surface area contributed by atoms with Crippen molar-refractivity contribution >= 4 is 23.0 Å². The van der Waals surface area contributed by atoms with Gasteiger partial charge in [-0.25, -0.2) is 0 Å². The molecule has 2 N–H and O–H groups in total.